The van der Waals surface area contributed by atoms with Crippen LogP contribution in [0, 0.1) is 0 Å². The second kappa shape index (κ2) is 5.88. The van der Waals surface area contributed by atoms with E-state index in [-0.39, 0.29) is 0 Å². The first-order chi connectivity index (χ1) is 4.24. The molecule has 0 saturated carbocycles. The summed E-state index contributed by atoms with van der Waals surface area (Å²) < 4.78 is -0.441. The van der Waals surface area contributed by atoms with Gasteiger partial charge in [-0.05, 0) is 0 Å². The molecule has 0 aliphatic heterocycles. The zero-order valence-corrected chi connectivity index (χ0v) is 14.0. The minimum absolute atomic E-state index is 0.441. The fourth-order valence-electron chi connectivity index (χ4n) is 0.500. The van der Waals surface area contributed by atoms with E-state index in [1.54, 1.807) is 0 Å². The molecule has 56 valence electrons. The van der Waals surface area contributed by atoms with Gasteiger partial charge in [-0.1, -0.05) is 0 Å². The first-order valence-corrected chi connectivity index (χ1v) is 21.2. The molecule has 0 aliphatic carbocycles. The first kappa shape index (κ1) is 11.3. The molecule has 0 unspecified atom stereocenters. The third kappa shape index (κ3) is 3.47. The van der Waals surface area contributed by atoms with Gasteiger partial charge in [-0.3, -0.25) is 0 Å². The standard InChI is InChI=1S/C4H12Se4Si/c1-5-9(6-2,7-3)8-4/h1-4H3. The van der Waals surface area contributed by atoms with Gasteiger partial charge in [0, 0.05) is 0 Å². The monoisotopic (exact) mass is 408 g/mol. The van der Waals surface area contributed by atoms with Crippen molar-refractivity contribution in [2.75, 3.05) is 0 Å². The van der Waals surface area contributed by atoms with Gasteiger partial charge in [-0.2, -0.15) is 0 Å². The van der Waals surface area contributed by atoms with Crippen LogP contribution in [0.2, 0.25) is 23.3 Å². The average molecular weight is 404 g/mol. The van der Waals surface area contributed by atoms with Crippen molar-refractivity contribution in [3.63, 3.8) is 0 Å². The van der Waals surface area contributed by atoms with Crippen LogP contribution in [0.4, 0.5) is 0 Å². The summed E-state index contributed by atoms with van der Waals surface area (Å²) >= 11 is 4.24. The van der Waals surface area contributed by atoms with E-state index in [1.165, 1.54) is 0 Å². The predicted molar refractivity (Wildman–Crippen MR) is 52.2 cm³/mol. The van der Waals surface area contributed by atoms with Crippen molar-refractivity contribution in [2.45, 2.75) is 23.3 Å². The Morgan fingerprint density at radius 2 is 0.889 bits per heavy atom. The van der Waals surface area contributed by atoms with Crippen LogP contribution in [0.15, 0.2) is 0 Å². The molecule has 0 atom stereocenters. The molecule has 5 heteroatoms. The van der Waals surface area contributed by atoms with Gasteiger partial charge in [0.05, 0.1) is 0 Å². The summed E-state index contributed by atoms with van der Waals surface area (Å²) in [6.07, 6.45) is 0. The molecule has 0 saturated heterocycles. The van der Waals surface area contributed by atoms with Crippen LogP contribution in [0.5, 0.6) is 0 Å². The van der Waals surface area contributed by atoms with Gasteiger partial charge >= 0.3 is 83.1 Å². The van der Waals surface area contributed by atoms with Gasteiger partial charge in [0.1, 0.15) is 0 Å². The van der Waals surface area contributed by atoms with Crippen LogP contribution in [0.25, 0.3) is 0 Å². The van der Waals surface area contributed by atoms with Gasteiger partial charge in [-0.25, -0.2) is 0 Å². The van der Waals surface area contributed by atoms with Gasteiger partial charge < -0.3 is 0 Å². The Kier molecular flexibility index (Phi) is 7.38. The van der Waals surface area contributed by atoms with E-state index in [2.05, 4.69) is 23.3 Å². The predicted octanol–water partition coefficient (Wildman–Crippen LogP) is 0.431. The summed E-state index contributed by atoms with van der Waals surface area (Å²) in [5.74, 6) is 9.89. The molecule has 0 aromatic rings. The molecule has 0 bridgehead atoms. The molecule has 0 nitrogen and oxygen atoms in total. The SMILES string of the molecule is C[Se][Si]([Se]C)([Se]C)[Se]C. The van der Waals surface area contributed by atoms with Crippen LogP contribution in [-0.4, -0.2) is 59.8 Å². The maximum absolute atomic E-state index is 2.47. The maximum atomic E-state index is 2.47. The van der Waals surface area contributed by atoms with Crippen molar-refractivity contribution in [2.24, 2.45) is 0 Å². The van der Waals surface area contributed by atoms with Crippen molar-refractivity contribution in [3.8, 4) is 0 Å². The van der Waals surface area contributed by atoms with Crippen LogP contribution in [0.3, 0.4) is 0 Å². The average Bonchev–Trinajstić information content (AvgIpc) is 1.95. The molecule has 9 heavy (non-hydrogen) atoms. The zero-order chi connectivity index (χ0) is 7.33. The van der Waals surface area contributed by atoms with Crippen LogP contribution < -0.4 is 0 Å². The van der Waals surface area contributed by atoms with E-state index in [4.69, 9.17) is 0 Å². The summed E-state index contributed by atoms with van der Waals surface area (Å²) in [7, 11) is 0. The second-order valence-electron chi connectivity index (χ2n) is 1.32. The number of rotatable bonds is 4. The van der Waals surface area contributed by atoms with Crippen molar-refractivity contribution >= 4 is 59.8 Å². The van der Waals surface area contributed by atoms with Crippen LogP contribution in [-0.2, 0) is 0 Å². The zero-order valence-electron chi connectivity index (χ0n) is 6.13. The molecule has 0 aromatic carbocycles. The summed E-state index contributed by atoms with van der Waals surface area (Å²) in [6, 6.07) is 0. The normalized spacial score (nSPS) is 12.0. The Hall–Kier alpha value is 2.29. The molecule has 0 rings (SSSR count). The molecule has 0 fully saturated rings. The quantitative estimate of drug-likeness (QED) is 0.597. The Labute approximate surface area is 82.1 Å². The fraction of sp³-hybridized carbons (Fsp3) is 1.00. The van der Waals surface area contributed by atoms with E-state index >= 15 is 0 Å². The Morgan fingerprint density at radius 3 is 0.889 bits per heavy atom. The molecule has 0 heterocycles. The molecule has 0 aliphatic rings. The summed E-state index contributed by atoms with van der Waals surface area (Å²) in [5.41, 5.74) is 0. The minimum atomic E-state index is -0.441. The van der Waals surface area contributed by atoms with E-state index in [0.717, 1.165) is 57.3 Å². The molecule has 0 N–H and O–H groups in total. The first-order valence-electron chi connectivity index (χ1n) is 2.45. The van der Waals surface area contributed by atoms with Crippen molar-refractivity contribution < 1.29 is 0 Å². The Bertz CT molecular complexity index is 55.5. The van der Waals surface area contributed by atoms with Gasteiger partial charge in [0.15, 0.2) is 0 Å². The Balaban J connectivity index is 3.82. The third-order valence-corrected chi connectivity index (χ3v) is 81.0. The summed E-state index contributed by atoms with van der Waals surface area (Å²) in [4.78, 5) is 0. The number of hydrogen-bond acceptors (Lipinski definition) is 0. The summed E-state index contributed by atoms with van der Waals surface area (Å²) in [6.45, 7) is 0. The van der Waals surface area contributed by atoms with Crippen molar-refractivity contribution in [1.29, 1.82) is 0 Å². The number of hydrogen-bond donors (Lipinski definition) is 0. The molecule has 0 spiro atoms. The van der Waals surface area contributed by atoms with Crippen LogP contribution in [0.1, 0.15) is 0 Å². The molecular formula is C4H12Se4Si. The Morgan fingerprint density at radius 1 is 0.667 bits per heavy atom. The summed E-state index contributed by atoms with van der Waals surface area (Å²) in [5, 5.41) is 0. The van der Waals surface area contributed by atoms with Crippen LogP contribution >= 0.6 is 0 Å². The molecule has 0 amide bonds. The molecular weight excluding hydrogens is 392 g/mol. The fourth-order valence-corrected chi connectivity index (χ4v) is 40.5. The molecule has 0 aromatic heterocycles. The third-order valence-electron chi connectivity index (χ3n) is 1.00. The van der Waals surface area contributed by atoms with Gasteiger partial charge in [-0.15, -0.1) is 0 Å². The van der Waals surface area contributed by atoms with E-state index in [0.29, 0.717) is 0 Å². The topological polar surface area (TPSA) is 0 Å². The second-order valence-corrected chi connectivity index (χ2v) is 53.2. The van der Waals surface area contributed by atoms with E-state index in [9.17, 15) is 0 Å². The van der Waals surface area contributed by atoms with E-state index in [1.807, 2.05) is 0 Å². The van der Waals surface area contributed by atoms with Gasteiger partial charge in [0.2, 0.25) is 0 Å². The van der Waals surface area contributed by atoms with E-state index < -0.39 is 2.50 Å². The van der Waals surface area contributed by atoms with Crippen molar-refractivity contribution in [1.82, 2.24) is 0 Å². The molecule has 0 radical (unpaired) electrons. The van der Waals surface area contributed by atoms with Crippen molar-refractivity contribution in [3.05, 3.63) is 0 Å². The van der Waals surface area contributed by atoms with Gasteiger partial charge in [0.25, 0.3) is 0 Å².